The molecule has 2 aromatic carbocycles. The standard InChI is InChI=1S/C22H24NS/c1-3-14-23-15-6-9-22(23)20-8-5-4-7-19(20)21(16-23)17-10-12-18(24-2)13-11-17/h3-5,7-8,10-13,16,22H,1,6,9,14-15H2,2H3/q+1/t22-,23+/m1/s1. The van der Waals surface area contributed by atoms with Crippen molar-refractivity contribution in [1.82, 2.24) is 0 Å². The highest BCUT2D eigenvalue weighted by Crippen LogP contribution is 2.48. The average molecular weight is 335 g/mol. The maximum Gasteiger partial charge on any atom is 0.120 e. The average Bonchev–Trinajstić information content (AvgIpc) is 3.05. The van der Waals surface area contributed by atoms with E-state index < -0.39 is 0 Å². The molecular formula is C22H24NS+. The fraction of sp³-hybridized carbons (Fsp3) is 0.273. The van der Waals surface area contributed by atoms with Gasteiger partial charge in [-0.05, 0) is 35.6 Å². The monoisotopic (exact) mass is 334 g/mol. The van der Waals surface area contributed by atoms with E-state index in [1.165, 1.54) is 46.5 Å². The van der Waals surface area contributed by atoms with Crippen LogP contribution in [-0.2, 0) is 0 Å². The first kappa shape index (κ1) is 15.7. The summed E-state index contributed by atoms with van der Waals surface area (Å²) in [5, 5.41) is 0. The lowest BCUT2D eigenvalue weighted by atomic mass is 9.86. The van der Waals surface area contributed by atoms with Crippen LogP contribution >= 0.6 is 11.8 Å². The smallest absolute Gasteiger partial charge is 0.120 e. The minimum absolute atomic E-state index is 0.591. The van der Waals surface area contributed by atoms with Gasteiger partial charge in [-0.25, -0.2) is 0 Å². The molecule has 2 aromatic rings. The third kappa shape index (κ3) is 2.45. The number of fused-ring (bicyclic) bond motifs is 3. The van der Waals surface area contributed by atoms with Gasteiger partial charge < -0.3 is 0 Å². The number of nitrogens with zero attached hydrogens (tertiary/aromatic N) is 1. The van der Waals surface area contributed by atoms with Gasteiger partial charge in [0.25, 0.3) is 0 Å². The van der Waals surface area contributed by atoms with E-state index in [0.29, 0.717) is 6.04 Å². The van der Waals surface area contributed by atoms with Crippen LogP contribution in [0.25, 0.3) is 5.57 Å². The Labute approximate surface area is 149 Å². The summed E-state index contributed by atoms with van der Waals surface area (Å²) >= 11 is 1.80. The molecule has 0 aromatic heterocycles. The normalized spacial score (nSPS) is 24.9. The van der Waals surface area contributed by atoms with Crippen LogP contribution in [0.15, 0.2) is 72.3 Å². The Balaban J connectivity index is 1.89. The molecule has 0 aliphatic carbocycles. The molecule has 2 atom stereocenters. The Kier molecular flexibility index (Phi) is 4.11. The molecule has 122 valence electrons. The summed E-state index contributed by atoms with van der Waals surface area (Å²) in [6, 6.07) is 18.6. The number of hydrogen-bond acceptors (Lipinski definition) is 1. The lowest BCUT2D eigenvalue weighted by molar-refractivity contribution is -0.891. The van der Waals surface area contributed by atoms with Crippen LogP contribution in [0.5, 0.6) is 0 Å². The van der Waals surface area contributed by atoms with Gasteiger partial charge >= 0.3 is 0 Å². The summed E-state index contributed by atoms with van der Waals surface area (Å²) in [4.78, 5) is 1.32. The van der Waals surface area contributed by atoms with Gasteiger partial charge in [0.15, 0.2) is 0 Å². The first-order valence-corrected chi connectivity index (χ1v) is 9.94. The van der Waals surface area contributed by atoms with Crippen LogP contribution in [-0.4, -0.2) is 23.8 Å². The van der Waals surface area contributed by atoms with E-state index in [2.05, 4.69) is 73.6 Å². The molecule has 0 N–H and O–H groups in total. The van der Waals surface area contributed by atoms with Crippen molar-refractivity contribution < 1.29 is 4.48 Å². The van der Waals surface area contributed by atoms with Crippen LogP contribution in [0.1, 0.15) is 35.6 Å². The van der Waals surface area contributed by atoms with E-state index in [9.17, 15) is 0 Å². The zero-order chi connectivity index (χ0) is 16.6. The van der Waals surface area contributed by atoms with Gasteiger partial charge in [-0.1, -0.05) is 43.0 Å². The zero-order valence-electron chi connectivity index (χ0n) is 14.2. The maximum atomic E-state index is 4.04. The maximum absolute atomic E-state index is 4.04. The van der Waals surface area contributed by atoms with Gasteiger partial charge in [-0.15, -0.1) is 11.8 Å². The molecule has 0 unspecified atom stereocenters. The highest BCUT2D eigenvalue weighted by Gasteiger charge is 2.45. The summed E-state index contributed by atoms with van der Waals surface area (Å²) in [6.45, 7) is 6.28. The molecule has 24 heavy (non-hydrogen) atoms. The second kappa shape index (κ2) is 6.27. The van der Waals surface area contributed by atoms with E-state index in [0.717, 1.165) is 11.0 Å². The molecule has 0 saturated carbocycles. The highest BCUT2D eigenvalue weighted by molar-refractivity contribution is 7.98. The molecule has 0 amide bonds. The van der Waals surface area contributed by atoms with Gasteiger partial charge in [0, 0.05) is 28.9 Å². The molecule has 1 nitrogen and oxygen atoms in total. The zero-order valence-corrected chi connectivity index (χ0v) is 15.1. The van der Waals surface area contributed by atoms with Crippen LogP contribution < -0.4 is 0 Å². The molecule has 1 fully saturated rings. The first-order valence-electron chi connectivity index (χ1n) is 8.71. The van der Waals surface area contributed by atoms with Crippen molar-refractivity contribution in [3.05, 3.63) is 84.1 Å². The Hall–Kier alpha value is -1.77. The second-order valence-electron chi connectivity index (χ2n) is 6.81. The fourth-order valence-corrected chi connectivity index (χ4v) is 4.86. The van der Waals surface area contributed by atoms with Crippen molar-refractivity contribution >= 4 is 17.3 Å². The summed E-state index contributed by atoms with van der Waals surface area (Å²) in [5.41, 5.74) is 5.65. The number of thioether (sulfide) groups is 1. The summed E-state index contributed by atoms with van der Waals surface area (Å²) in [5.74, 6) is 0. The van der Waals surface area contributed by atoms with Crippen molar-refractivity contribution in [2.24, 2.45) is 0 Å². The topological polar surface area (TPSA) is 0 Å². The van der Waals surface area contributed by atoms with Gasteiger partial charge in [0.05, 0.1) is 6.54 Å². The molecule has 0 radical (unpaired) electrons. The van der Waals surface area contributed by atoms with Crippen LogP contribution in [0.4, 0.5) is 0 Å². The van der Waals surface area contributed by atoms with Gasteiger partial charge in [0.2, 0.25) is 0 Å². The van der Waals surface area contributed by atoms with Gasteiger partial charge in [-0.2, -0.15) is 0 Å². The minimum Gasteiger partial charge on any atom is -0.287 e. The van der Waals surface area contributed by atoms with Crippen molar-refractivity contribution in [3.63, 3.8) is 0 Å². The molecule has 2 aliphatic heterocycles. The molecular weight excluding hydrogens is 310 g/mol. The lowest BCUT2D eigenvalue weighted by Gasteiger charge is -2.41. The Morgan fingerprint density at radius 3 is 2.71 bits per heavy atom. The quantitative estimate of drug-likeness (QED) is 0.395. The molecule has 2 heterocycles. The van der Waals surface area contributed by atoms with Crippen LogP contribution in [0.3, 0.4) is 0 Å². The lowest BCUT2D eigenvalue weighted by Crippen LogP contribution is -2.44. The number of quaternary nitrogens is 1. The van der Waals surface area contributed by atoms with Crippen LogP contribution in [0.2, 0.25) is 0 Å². The SMILES string of the molecule is C=CC[N@+]12C=C(c3ccc(SC)cc3)c3ccccc3[C@H]1CCC2. The van der Waals surface area contributed by atoms with Crippen molar-refractivity contribution in [3.8, 4) is 0 Å². The summed E-state index contributed by atoms with van der Waals surface area (Å²) in [6.07, 6.45) is 9.32. The minimum atomic E-state index is 0.591. The first-order chi connectivity index (χ1) is 11.8. The van der Waals surface area contributed by atoms with E-state index in [1.807, 2.05) is 0 Å². The fourth-order valence-electron chi connectivity index (χ4n) is 4.45. The predicted molar refractivity (Wildman–Crippen MR) is 104 cm³/mol. The van der Waals surface area contributed by atoms with Crippen LogP contribution in [0, 0.1) is 0 Å². The third-order valence-electron chi connectivity index (χ3n) is 5.54. The molecule has 2 aliphatic rings. The van der Waals surface area contributed by atoms with Crippen molar-refractivity contribution in [2.75, 3.05) is 19.3 Å². The van der Waals surface area contributed by atoms with Gasteiger partial charge in [0.1, 0.15) is 18.8 Å². The van der Waals surface area contributed by atoms with E-state index >= 15 is 0 Å². The highest BCUT2D eigenvalue weighted by atomic mass is 32.2. The largest absolute Gasteiger partial charge is 0.287 e. The van der Waals surface area contributed by atoms with Gasteiger partial charge in [-0.3, -0.25) is 4.48 Å². The Bertz CT molecular complexity index is 790. The summed E-state index contributed by atoms with van der Waals surface area (Å²) < 4.78 is 1.04. The number of rotatable bonds is 4. The molecule has 4 rings (SSSR count). The molecule has 1 saturated heterocycles. The predicted octanol–water partition coefficient (Wildman–Crippen LogP) is 5.65. The summed E-state index contributed by atoms with van der Waals surface area (Å²) in [7, 11) is 0. The van der Waals surface area contributed by atoms with E-state index in [1.54, 1.807) is 11.8 Å². The Morgan fingerprint density at radius 2 is 1.96 bits per heavy atom. The molecule has 2 heteroatoms. The van der Waals surface area contributed by atoms with E-state index in [-0.39, 0.29) is 0 Å². The molecule has 0 spiro atoms. The Morgan fingerprint density at radius 1 is 1.17 bits per heavy atom. The van der Waals surface area contributed by atoms with Crippen molar-refractivity contribution in [1.29, 1.82) is 0 Å². The van der Waals surface area contributed by atoms with E-state index in [4.69, 9.17) is 0 Å². The number of hydrogen-bond donors (Lipinski definition) is 0. The third-order valence-corrected chi connectivity index (χ3v) is 6.28. The number of benzene rings is 2. The molecule has 0 bridgehead atoms. The van der Waals surface area contributed by atoms with Crippen molar-refractivity contribution in [2.45, 2.75) is 23.8 Å². The second-order valence-corrected chi connectivity index (χ2v) is 7.69.